The first kappa shape index (κ1) is 19.9. The van der Waals surface area contributed by atoms with Gasteiger partial charge in [0.2, 0.25) is 15.9 Å². The summed E-state index contributed by atoms with van der Waals surface area (Å²) in [5.74, 6) is -0.600. The summed E-state index contributed by atoms with van der Waals surface area (Å²) in [5.41, 5.74) is -0.246. The molecule has 2 N–H and O–H groups in total. The molecule has 0 spiro atoms. The Hall–Kier alpha value is -2.39. The fraction of sp³-hybridized carbons (Fsp3) is 0.235. The van der Waals surface area contributed by atoms with E-state index in [9.17, 15) is 26.4 Å². The average molecular weight is 386 g/mol. The van der Waals surface area contributed by atoms with Crippen molar-refractivity contribution in [2.24, 2.45) is 0 Å². The van der Waals surface area contributed by atoms with Gasteiger partial charge in [-0.3, -0.25) is 4.79 Å². The standard InChI is InChI=1S/C17H17F3N2O3S/c1-12(13-6-3-2-4-7-13)22-16(23)11-21-26(24,25)15-9-5-8-14(10-15)17(18,19)20/h2-10,12,21H,11H2,1H3,(H,22,23)/t12-/m0/s1. The summed E-state index contributed by atoms with van der Waals surface area (Å²) in [4.78, 5) is 11.4. The third-order valence-corrected chi connectivity index (χ3v) is 4.97. The van der Waals surface area contributed by atoms with Gasteiger partial charge in [-0.15, -0.1) is 0 Å². The molecule has 1 amide bonds. The molecule has 0 unspecified atom stereocenters. The zero-order valence-corrected chi connectivity index (χ0v) is 14.6. The molecule has 0 aliphatic carbocycles. The number of rotatable bonds is 6. The Balaban J connectivity index is 2.01. The second-order valence-electron chi connectivity index (χ2n) is 5.55. The lowest BCUT2D eigenvalue weighted by Crippen LogP contribution is -2.38. The summed E-state index contributed by atoms with van der Waals surface area (Å²) in [6.07, 6.45) is -4.66. The van der Waals surface area contributed by atoms with Crippen molar-refractivity contribution in [2.75, 3.05) is 6.54 Å². The molecule has 5 nitrogen and oxygen atoms in total. The minimum absolute atomic E-state index is 0.346. The molecule has 0 radical (unpaired) electrons. The molecule has 0 bridgehead atoms. The smallest absolute Gasteiger partial charge is 0.348 e. The first-order valence-electron chi connectivity index (χ1n) is 7.61. The molecule has 0 saturated heterocycles. The number of hydrogen-bond donors (Lipinski definition) is 2. The minimum atomic E-state index is -4.66. The normalized spacial score (nSPS) is 13.2. The van der Waals surface area contributed by atoms with Gasteiger partial charge in [-0.2, -0.15) is 13.2 Å². The van der Waals surface area contributed by atoms with E-state index in [1.165, 1.54) is 0 Å². The predicted molar refractivity (Wildman–Crippen MR) is 89.6 cm³/mol. The lowest BCUT2D eigenvalue weighted by Gasteiger charge is -2.15. The second kappa shape index (κ2) is 7.88. The number of benzene rings is 2. The van der Waals surface area contributed by atoms with Gasteiger partial charge in [-0.25, -0.2) is 13.1 Å². The number of halogens is 3. The van der Waals surface area contributed by atoms with Crippen LogP contribution < -0.4 is 10.0 Å². The number of alkyl halides is 3. The molecule has 0 aromatic heterocycles. The van der Waals surface area contributed by atoms with Gasteiger partial charge in [0.25, 0.3) is 0 Å². The Labute approximate surface area is 149 Å². The summed E-state index contributed by atoms with van der Waals surface area (Å²) in [5, 5.41) is 2.61. The van der Waals surface area contributed by atoms with Crippen molar-refractivity contribution < 1.29 is 26.4 Å². The zero-order chi connectivity index (χ0) is 19.4. The molecule has 0 aliphatic rings. The van der Waals surface area contributed by atoms with Crippen molar-refractivity contribution in [3.8, 4) is 0 Å². The maximum absolute atomic E-state index is 12.7. The van der Waals surface area contributed by atoms with Crippen molar-refractivity contribution >= 4 is 15.9 Å². The van der Waals surface area contributed by atoms with E-state index in [2.05, 4.69) is 5.32 Å². The largest absolute Gasteiger partial charge is 0.416 e. The number of nitrogens with one attached hydrogen (secondary N) is 2. The number of sulfonamides is 1. The van der Waals surface area contributed by atoms with Crippen LogP contribution in [0.25, 0.3) is 0 Å². The van der Waals surface area contributed by atoms with E-state index < -0.39 is 39.1 Å². The molecule has 0 aliphatic heterocycles. The Kier molecular flexibility index (Phi) is 6.04. The van der Waals surface area contributed by atoms with Crippen LogP contribution in [0.4, 0.5) is 13.2 Å². The molecule has 0 saturated carbocycles. The zero-order valence-electron chi connectivity index (χ0n) is 13.7. The third kappa shape index (κ3) is 5.30. The molecule has 9 heteroatoms. The molecular weight excluding hydrogens is 369 g/mol. The topological polar surface area (TPSA) is 75.3 Å². The average Bonchev–Trinajstić information content (AvgIpc) is 2.60. The number of carbonyl (C=O) groups is 1. The van der Waals surface area contributed by atoms with Crippen LogP contribution in [-0.2, 0) is 21.0 Å². The van der Waals surface area contributed by atoms with Crippen LogP contribution in [-0.4, -0.2) is 20.9 Å². The third-order valence-electron chi connectivity index (χ3n) is 3.57. The van der Waals surface area contributed by atoms with E-state index in [0.29, 0.717) is 6.07 Å². The van der Waals surface area contributed by atoms with Crippen LogP contribution >= 0.6 is 0 Å². The Morgan fingerprint density at radius 1 is 1.08 bits per heavy atom. The van der Waals surface area contributed by atoms with E-state index in [1.807, 2.05) is 10.8 Å². The van der Waals surface area contributed by atoms with Gasteiger partial charge in [-0.05, 0) is 30.7 Å². The van der Waals surface area contributed by atoms with Gasteiger partial charge in [0.05, 0.1) is 23.0 Å². The van der Waals surface area contributed by atoms with Crippen LogP contribution in [0.2, 0.25) is 0 Å². The predicted octanol–water partition coefficient (Wildman–Crippen LogP) is 2.86. The van der Waals surface area contributed by atoms with E-state index in [-0.39, 0.29) is 6.04 Å². The molecule has 140 valence electrons. The highest BCUT2D eigenvalue weighted by Crippen LogP contribution is 2.30. The van der Waals surface area contributed by atoms with Crippen LogP contribution in [0, 0.1) is 0 Å². The molecule has 1 atom stereocenters. The second-order valence-corrected chi connectivity index (χ2v) is 7.32. The van der Waals surface area contributed by atoms with Gasteiger partial charge in [0, 0.05) is 0 Å². The number of carbonyl (C=O) groups excluding carboxylic acids is 1. The SMILES string of the molecule is C[C@H](NC(=O)CNS(=O)(=O)c1cccc(C(F)(F)F)c1)c1ccccc1. The monoisotopic (exact) mass is 386 g/mol. The molecule has 2 rings (SSSR count). The van der Waals surface area contributed by atoms with Gasteiger partial charge < -0.3 is 5.32 Å². The van der Waals surface area contributed by atoms with Crippen molar-refractivity contribution in [2.45, 2.75) is 24.0 Å². The van der Waals surface area contributed by atoms with Gasteiger partial charge in [0.15, 0.2) is 0 Å². The van der Waals surface area contributed by atoms with Crippen molar-refractivity contribution in [3.63, 3.8) is 0 Å². The fourth-order valence-electron chi connectivity index (χ4n) is 2.20. The van der Waals surface area contributed by atoms with E-state index in [0.717, 1.165) is 23.8 Å². The molecule has 2 aromatic carbocycles. The highest BCUT2D eigenvalue weighted by Gasteiger charge is 2.31. The quantitative estimate of drug-likeness (QED) is 0.802. The maximum Gasteiger partial charge on any atom is 0.416 e. The van der Waals surface area contributed by atoms with Crippen molar-refractivity contribution in [3.05, 3.63) is 65.7 Å². The van der Waals surface area contributed by atoms with Crippen LogP contribution in [0.3, 0.4) is 0 Å². The lowest BCUT2D eigenvalue weighted by atomic mass is 10.1. The molecular formula is C17H17F3N2O3S. The molecule has 0 heterocycles. The first-order chi connectivity index (χ1) is 12.1. The fourth-order valence-corrected chi connectivity index (χ4v) is 3.23. The summed E-state index contributed by atoms with van der Waals surface area (Å²) in [7, 11) is -4.25. The molecule has 2 aromatic rings. The summed E-state index contributed by atoms with van der Waals surface area (Å²) < 4.78 is 64.3. The van der Waals surface area contributed by atoms with Crippen molar-refractivity contribution in [1.82, 2.24) is 10.0 Å². The lowest BCUT2D eigenvalue weighted by molar-refractivity contribution is -0.137. The first-order valence-corrected chi connectivity index (χ1v) is 9.09. The molecule has 26 heavy (non-hydrogen) atoms. The van der Waals surface area contributed by atoms with E-state index >= 15 is 0 Å². The van der Waals surface area contributed by atoms with Crippen LogP contribution in [0.15, 0.2) is 59.5 Å². The van der Waals surface area contributed by atoms with Crippen LogP contribution in [0.1, 0.15) is 24.1 Å². The van der Waals surface area contributed by atoms with E-state index in [4.69, 9.17) is 0 Å². The summed E-state index contributed by atoms with van der Waals surface area (Å²) in [6.45, 7) is 1.14. The number of hydrogen-bond acceptors (Lipinski definition) is 3. The summed E-state index contributed by atoms with van der Waals surface area (Å²) in [6, 6.07) is 12.0. The van der Waals surface area contributed by atoms with E-state index in [1.54, 1.807) is 31.2 Å². The van der Waals surface area contributed by atoms with Gasteiger partial charge >= 0.3 is 6.18 Å². The Morgan fingerprint density at radius 2 is 1.73 bits per heavy atom. The highest BCUT2D eigenvalue weighted by atomic mass is 32.2. The summed E-state index contributed by atoms with van der Waals surface area (Å²) >= 11 is 0. The van der Waals surface area contributed by atoms with Gasteiger partial charge in [-0.1, -0.05) is 36.4 Å². The maximum atomic E-state index is 12.7. The Morgan fingerprint density at radius 3 is 2.35 bits per heavy atom. The van der Waals surface area contributed by atoms with Crippen LogP contribution in [0.5, 0.6) is 0 Å². The Bertz CT molecular complexity index is 868. The van der Waals surface area contributed by atoms with Gasteiger partial charge in [0.1, 0.15) is 0 Å². The number of amides is 1. The molecule has 0 fully saturated rings. The highest BCUT2D eigenvalue weighted by molar-refractivity contribution is 7.89. The van der Waals surface area contributed by atoms with Crippen molar-refractivity contribution in [1.29, 1.82) is 0 Å². The minimum Gasteiger partial charge on any atom is -0.348 e.